The molecule has 0 atom stereocenters. The van der Waals surface area contributed by atoms with Gasteiger partial charge in [-0.15, -0.1) is 0 Å². The van der Waals surface area contributed by atoms with E-state index >= 15 is 0 Å². The molecule has 0 radical (unpaired) electrons. The van der Waals surface area contributed by atoms with E-state index in [1.54, 1.807) is 6.07 Å². The van der Waals surface area contributed by atoms with Crippen LogP contribution in [0.3, 0.4) is 0 Å². The molecule has 0 aliphatic carbocycles. The maximum Gasteiger partial charge on any atom is 0.214 e. The van der Waals surface area contributed by atoms with Gasteiger partial charge >= 0.3 is 0 Å². The van der Waals surface area contributed by atoms with Crippen molar-refractivity contribution < 1.29 is 9.50 Å². The van der Waals surface area contributed by atoms with Gasteiger partial charge < -0.3 is 10.0 Å². The van der Waals surface area contributed by atoms with Crippen LogP contribution < -0.4 is 4.90 Å². The number of rotatable bonds is 3. The Morgan fingerprint density at radius 2 is 2.00 bits per heavy atom. The van der Waals surface area contributed by atoms with Crippen LogP contribution in [0.1, 0.15) is 0 Å². The molecule has 2 rings (SSSR count). The number of hydrogen-bond donors (Lipinski definition) is 1. The summed E-state index contributed by atoms with van der Waals surface area (Å²) < 4.78 is 12.9. The molecule has 0 unspecified atom stereocenters. The first-order valence-electron chi connectivity index (χ1n) is 5.50. The van der Waals surface area contributed by atoms with Crippen LogP contribution in [0.15, 0.2) is 18.2 Å². The van der Waals surface area contributed by atoms with Crippen LogP contribution in [-0.2, 0) is 0 Å². The molecular formula is C11H16FN3O. The summed E-state index contributed by atoms with van der Waals surface area (Å²) in [5, 5.41) is 8.82. The summed E-state index contributed by atoms with van der Waals surface area (Å²) in [6.07, 6.45) is 0. The first-order chi connectivity index (χ1) is 7.79. The van der Waals surface area contributed by atoms with Gasteiger partial charge in [-0.2, -0.15) is 4.39 Å². The Bertz CT molecular complexity index is 340. The Balaban J connectivity index is 1.94. The average molecular weight is 225 g/mol. The summed E-state index contributed by atoms with van der Waals surface area (Å²) in [4.78, 5) is 8.12. The molecular weight excluding hydrogens is 209 g/mol. The van der Waals surface area contributed by atoms with E-state index in [9.17, 15) is 4.39 Å². The number of aliphatic hydroxyl groups excluding tert-OH is 1. The van der Waals surface area contributed by atoms with Crippen LogP contribution in [0.5, 0.6) is 0 Å². The first kappa shape index (κ1) is 11.3. The third kappa shape index (κ3) is 2.68. The van der Waals surface area contributed by atoms with Gasteiger partial charge in [-0.25, -0.2) is 4.98 Å². The van der Waals surface area contributed by atoms with Crippen molar-refractivity contribution in [2.45, 2.75) is 0 Å². The number of aromatic nitrogens is 1. The highest BCUT2D eigenvalue weighted by Crippen LogP contribution is 2.13. The van der Waals surface area contributed by atoms with Crippen LogP contribution in [-0.4, -0.2) is 54.3 Å². The SMILES string of the molecule is OCCN1CCN(c2cccc(F)n2)CC1. The number of nitrogens with zero attached hydrogens (tertiary/aromatic N) is 3. The zero-order valence-corrected chi connectivity index (χ0v) is 9.14. The fourth-order valence-electron chi connectivity index (χ4n) is 1.92. The van der Waals surface area contributed by atoms with Crippen molar-refractivity contribution in [3.8, 4) is 0 Å². The van der Waals surface area contributed by atoms with E-state index in [0.717, 1.165) is 26.2 Å². The summed E-state index contributed by atoms with van der Waals surface area (Å²) >= 11 is 0. The highest BCUT2D eigenvalue weighted by atomic mass is 19.1. The molecule has 88 valence electrons. The Labute approximate surface area is 94.3 Å². The van der Waals surface area contributed by atoms with Crippen molar-refractivity contribution in [1.29, 1.82) is 0 Å². The minimum atomic E-state index is -0.435. The van der Waals surface area contributed by atoms with E-state index in [2.05, 4.69) is 14.8 Å². The number of β-amino-alcohol motifs (C(OH)–C–C–N with tert-alkyl or cyclic N) is 1. The molecule has 0 saturated carbocycles. The number of pyridine rings is 1. The minimum Gasteiger partial charge on any atom is -0.395 e. The summed E-state index contributed by atoms with van der Waals surface area (Å²) in [7, 11) is 0. The number of halogens is 1. The van der Waals surface area contributed by atoms with Gasteiger partial charge in [0, 0.05) is 32.7 Å². The molecule has 0 aromatic carbocycles. The van der Waals surface area contributed by atoms with E-state index in [0.29, 0.717) is 12.4 Å². The lowest BCUT2D eigenvalue weighted by molar-refractivity contribution is 0.188. The quantitative estimate of drug-likeness (QED) is 0.753. The molecule has 0 amide bonds. The van der Waals surface area contributed by atoms with Crippen LogP contribution in [0.25, 0.3) is 0 Å². The maximum absolute atomic E-state index is 12.9. The average Bonchev–Trinajstić information content (AvgIpc) is 2.30. The predicted octanol–water partition coefficient (Wildman–Crippen LogP) is 0.335. The second-order valence-electron chi connectivity index (χ2n) is 3.87. The monoisotopic (exact) mass is 225 g/mol. The molecule has 1 N–H and O–H groups in total. The zero-order valence-electron chi connectivity index (χ0n) is 9.14. The van der Waals surface area contributed by atoms with Crippen LogP contribution in [0.2, 0.25) is 0 Å². The van der Waals surface area contributed by atoms with E-state index in [1.165, 1.54) is 6.07 Å². The van der Waals surface area contributed by atoms with Gasteiger partial charge in [0.2, 0.25) is 5.95 Å². The second kappa shape index (κ2) is 5.23. The van der Waals surface area contributed by atoms with Crippen LogP contribution in [0, 0.1) is 5.95 Å². The number of hydrogen-bond acceptors (Lipinski definition) is 4. The predicted molar refractivity (Wildman–Crippen MR) is 59.9 cm³/mol. The first-order valence-corrected chi connectivity index (χ1v) is 5.50. The zero-order chi connectivity index (χ0) is 11.4. The second-order valence-corrected chi connectivity index (χ2v) is 3.87. The Kier molecular flexibility index (Phi) is 3.69. The molecule has 1 aliphatic rings. The molecule has 16 heavy (non-hydrogen) atoms. The van der Waals surface area contributed by atoms with E-state index in [4.69, 9.17) is 5.11 Å². The van der Waals surface area contributed by atoms with Crippen molar-refractivity contribution in [2.24, 2.45) is 0 Å². The topological polar surface area (TPSA) is 39.6 Å². The van der Waals surface area contributed by atoms with E-state index < -0.39 is 5.95 Å². The van der Waals surface area contributed by atoms with Crippen LogP contribution in [0.4, 0.5) is 10.2 Å². The molecule has 5 heteroatoms. The molecule has 2 heterocycles. The summed E-state index contributed by atoms with van der Waals surface area (Å²) in [5.41, 5.74) is 0. The van der Waals surface area contributed by atoms with Crippen molar-refractivity contribution in [3.05, 3.63) is 24.1 Å². The molecule has 1 aliphatic heterocycles. The van der Waals surface area contributed by atoms with Gasteiger partial charge in [0.05, 0.1) is 6.61 Å². The molecule has 1 aromatic rings. The van der Waals surface area contributed by atoms with Gasteiger partial charge in [-0.3, -0.25) is 4.90 Å². The van der Waals surface area contributed by atoms with Crippen molar-refractivity contribution >= 4 is 5.82 Å². The lowest BCUT2D eigenvalue weighted by Crippen LogP contribution is -2.47. The number of anilines is 1. The Morgan fingerprint density at radius 1 is 1.25 bits per heavy atom. The van der Waals surface area contributed by atoms with Gasteiger partial charge in [0.25, 0.3) is 0 Å². The van der Waals surface area contributed by atoms with Gasteiger partial charge in [-0.05, 0) is 12.1 Å². The molecule has 1 fully saturated rings. The third-order valence-corrected chi connectivity index (χ3v) is 2.81. The smallest absolute Gasteiger partial charge is 0.214 e. The largest absolute Gasteiger partial charge is 0.395 e. The van der Waals surface area contributed by atoms with E-state index in [1.807, 2.05) is 6.07 Å². The van der Waals surface area contributed by atoms with Gasteiger partial charge in [-0.1, -0.05) is 6.07 Å². The number of piperazine rings is 1. The fraction of sp³-hybridized carbons (Fsp3) is 0.545. The van der Waals surface area contributed by atoms with Gasteiger partial charge in [0.1, 0.15) is 5.82 Å². The summed E-state index contributed by atoms with van der Waals surface area (Å²) in [6.45, 7) is 4.34. The summed E-state index contributed by atoms with van der Waals surface area (Å²) in [5.74, 6) is 0.263. The van der Waals surface area contributed by atoms with E-state index in [-0.39, 0.29) is 6.61 Å². The fourth-order valence-corrected chi connectivity index (χ4v) is 1.92. The molecule has 0 spiro atoms. The highest BCUT2D eigenvalue weighted by Gasteiger charge is 2.17. The minimum absolute atomic E-state index is 0.193. The Morgan fingerprint density at radius 3 is 2.62 bits per heavy atom. The molecule has 4 nitrogen and oxygen atoms in total. The standard InChI is InChI=1S/C11H16FN3O/c12-10-2-1-3-11(13-10)15-6-4-14(5-7-15)8-9-16/h1-3,16H,4-9H2. The molecule has 0 bridgehead atoms. The highest BCUT2D eigenvalue weighted by molar-refractivity contribution is 5.38. The third-order valence-electron chi connectivity index (χ3n) is 2.81. The van der Waals surface area contributed by atoms with Crippen LogP contribution >= 0.6 is 0 Å². The molecule has 1 aromatic heterocycles. The van der Waals surface area contributed by atoms with Crippen molar-refractivity contribution in [3.63, 3.8) is 0 Å². The molecule has 1 saturated heterocycles. The Hall–Kier alpha value is -1.20. The van der Waals surface area contributed by atoms with Gasteiger partial charge in [0.15, 0.2) is 0 Å². The number of aliphatic hydroxyl groups is 1. The lowest BCUT2D eigenvalue weighted by Gasteiger charge is -2.34. The van der Waals surface area contributed by atoms with Crippen molar-refractivity contribution in [1.82, 2.24) is 9.88 Å². The normalized spacial score (nSPS) is 17.8. The summed E-state index contributed by atoms with van der Waals surface area (Å²) in [6, 6.07) is 4.86. The van der Waals surface area contributed by atoms with Crippen molar-refractivity contribution in [2.75, 3.05) is 44.2 Å². The maximum atomic E-state index is 12.9. The lowest BCUT2D eigenvalue weighted by atomic mass is 10.3.